The molecule has 0 saturated carbocycles. The smallest absolute Gasteiger partial charge is 0.228 e. The van der Waals surface area contributed by atoms with Gasteiger partial charge in [0.05, 0.1) is 0 Å². The van der Waals surface area contributed by atoms with Gasteiger partial charge in [0, 0.05) is 69.7 Å². The molecule has 7 heteroatoms. The summed E-state index contributed by atoms with van der Waals surface area (Å²) in [6.07, 6.45) is 2.65. The molecule has 1 aromatic carbocycles. The Balaban J connectivity index is 1.28. The summed E-state index contributed by atoms with van der Waals surface area (Å²) in [5.41, 5.74) is 2.87. The van der Waals surface area contributed by atoms with Crippen LogP contribution < -0.4 is 15.1 Å². The fraction of sp³-hybridized carbons (Fsp3) is 0.435. The zero-order valence-electron chi connectivity index (χ0n) is 17.7. The third-order valence-electron chi connectivity index (χ3n) is 5.95. The molecule has 3 heterocycles. The molecular formula is C23H29N5O2. The van der Waals surface area contributed by atoms with E-state index < -0.39 is 0 Å². The van der Waals surface area contributed by atoms with Gasteiger partial charge in [0.15, 0.2) is 0 Å². The summed E-state index contributed by atoms with van der Waals surface area (Å²) < 4.78 is 0. The minimum Gasteiger partial charge on any atom is -0.354 e. The van der Waals surface area contributed by atoms with Gasteiger partial charge in [-0.1, -0.05) is 13.0 Å². The van der Waals surface area contributed by atoms with Crippen molar-refractivity contribution in [2.75, 3.05) is 54.4 Å². The van der Waals surface area contributed by atoms with Gasteiger partial charge in [-0.2, -0.15) is 0 Å². The number of carbonyl (C=O) groups is 2. The SMILES string of the molecule is CC(=O)N1CCc2cc(NC(=O)C(C)CN3CCN(c4ccccn4)CC3)ccc21. The first-order valence-corrected chi connectivity index (χ1v) is 10.6. The molecule has 2 aliphatic rings. The summed E-state index contributed by atoms with van der Waals surface area (Å²) >= 11 is 0. The van der Waals surface area contributed by atoms with Crippen LogP contribution in [0.5, 0.6) is 0 Å². The molecular weight excluding hydrogens is 378 g/mol. The highest BCUT2D eigenvalue weighted by molar-refractivity contribution is 5.96. The number of hydrogen-bond donors (Lipinski definition) is 1. The van der Waals surface area contributed by atoms with Gasteiger partial charge in [-0.15, -0.1) is 0 Å². The molecule has 1 fully saturated rings. The van der Waals surface area contributed by atoms with E-state index in [0.717, 1.165) is 61.9 Å². The Hall–Kier alpha value is -2.93. The molecule has 1 aromatic heterocycles. The third kappa shape index (κ3) is 4.46. The summed E-state index contributed by atoms with van der Waals surface area (Å²) in [5, 5.41) is 3.05. The normalized spacial score (nSPS) is 17.5. The molecule has 0 bridgehead atoms. The lowest BCUT2D eigenvalue weighted by Gasteiger charge is -2.36. The number of nitrogens with one attached hydrogen (secondary N) is 1. The maximum absolute atomic E-state index is 12.7. The van der Waals surface area contributed by atoms with Crippen LogP contribution in [0.4, 0.5) is 17.2 Å². The lowest BCUT2D eigenvalue weighted by atomic mass is 10.1. The van der Waals surface area contributed by atoms with E-state index in [1.807, 2.05) is 49.5 Å². The Morgan fingerprint density at radius 1 is 1.10 bits per heavy atom. The van der Waals surface area contributed by atoms with Crippen molar-refractivity contribution in [1.29, 1.82) is 0 Å². The minimum absolute atomic E-state index is 0.0310. The summed E-state index contributed by atoms with van der Waals surface area (Å²) in [6, 6.07) is 11.8. The van der Waals surface area contributed by atoms with Crippen molar-refractivity contribution >= 4 is 29.0 Å². The average Bonchev–Trinajstić information content (AvgIpc) is 3.18. The molecule has 1 N–H and O–H groups in total. The molecule has 2 amide bonds. The van der Waals surface area contributed by atoms with Crippen LogP contribution in [0.2, 0.25) is 0 Å². The van der Waals surface area contributed by atoms with Crippen molar-refractivity contribution in [2.45, 2.75) is 20.3 Å². The number of benzene rings is 1. The van der Waals surface area contributed by atoms with Crippen LogP contribution in [-0.4, -0.2) is 61.0 Å². The monoisotopic (exact) mass is 407 g/mol. The van der Waals surface area contributed by atoms with Crippen LogP contribution in [0.25, 0.3) is 0 Å². The molecule has 0 radical (unpaired) electrons. The van der Waals surface area contributed by atoms with E-state index in [1.165, 1.54) is 0 Å². The number of aromatic nitrogens is 1. The lowest BCUT2D eigenvalue weighted by Crippen LogP contribution is -2.48. The maximum atomic E-state index is 12.7. The van der Waals surface area contributed by atoms with Crippen molar-refractivity contribution in [1.82, 2.24) is 9.88 Å². The second-order valence-corrected chi connectivity index (χ2v) is 8.13. The first kappa shape index (κ1) is 20.3. The van der Waals surface area contributed by atoms with Crippen molar-refractivity contribution in [3.63, 3.8) is 0 Å². The van der Waals surface area contributed by atoms with Crippen molar-refractivity contribution in [2.24, 2.45) is 5.92 Å². The maximum Gasteiger partial charge on any atom is 0.228 e. The molecule has 158 valence electrons. The van der Waals surface area contributed by atoms with E-state index in [1.54, 1.807) is 11.8 Å². The zero-order valence-corrected chi connectivity index (χ0v) is 17.7. The predicted molar refractivity (Wildman–Crippen MR) is 119 cm³/mol. The van der Waals surface area contributed by atoms with Crippen molar-refractivity contribution < 1.29 is 9.59 Å². The molecule has 1 atom stereocenters. The van der Waals surface area contributed by atoms with E-state index in [4.69, 9.17) is 0 Å². The van der Waals surface area contributed by atoms with Crippen molar-refractivity contribution in [3.8, 4) is 0 Å². The quantitative estimate of drug-likeness (QED) is 0.824. The Kier molecular flexibility index (Phi) is 5.99. The predicted octanol–water partition coefficient (Wildman–Crippen LogP) is 2.39. The molecule has 2 aliphatic heterocycles. The topological polar surface area (TPSA) is 68.8 Å². The van der Waals surface area contributed by atoms with Gasteiger partial charge >= 0.3 is 0 Å². The van der Waals surface area contributed by atoms with Gasteiger partial charge < -0.3 is 15.1 Å². The van der Waals surface area contributed by atoms with Gasteiger partial charge in [0.1, 0.15) is 5.82 Å². The van der Waals surface area contributed by atoms with Crippen LogP contribution in [-0.2, 0) is 16.0 Å². The van der Waals surface area contributed by atoms with E-state index in [-0.39, 0.29) is 17.7 Å². The molecule has 1 saturated heterocycles. The average molecular weight is 408 g/mol. The third-order valence-corrected chi connectivity index (χ3v) is 5.95. The number of hydrogen-bond acceptors (Lipinski definition) is 5. The van der Waals surface area contributed by atoms with E-state index in [0.29, 0.717) is 6.54 Å². The van der Waals surface area contributed by atoms with Crippen LogP contribution in [0, 0.1) is 5.92 Å². The standard InChI is InChI=1S/C23H29N5O2/c1-17(16-26-11-13-27(14-12-26)22-5-3-4-9-24-22)23(30)25-20-6-7-21-19(15-20)8-10-28(21)18(2)29/h3-7,9,15,17H,8,10-14,16H2,1-2H3,(H,25,30). The van der Waals surface area contributed by atoms with Crippen LogP contribution >= 0.6 is 0 Å². The summed E-state index contributed by atoms with van der Waals surface area (Å²) in [4.78, 5) is 35.3. The van der Waals surface area contributed by atoms with E-state index in [2.05, 4.69) is 20.1 Å². The summed E-state index contributed by atoms with van der Waals surface area (Å²) in [6.45, 7) is 8.70. The van der Waals surface area contributed by atoms with Gasteiger partial charge in [-0.25, -0.2) is 4.98 Å². The Bertz CT molecular complexity index is 909. The molecule has 2 aromatic rings. The Morgan fingerprint density at radius 2 is 1.90 bits per heavy atom. The number of carbonyl (C=O) groups excluding carboxylic acids is 2. The highest BCUT2D eigenvalue weighted by atomic mass is 16.2. The first-order valence-electron chi connectivity index (χ1n) is 10.6. The molecule has 7 nitrogen and oxygen atoms in total. The Labute approximate surface area is 177 Å². The number of piperazine rings is 1. The largest absolute Gasteiger partial charge is 0.354 e. The van der Waals surface area contributed by atoms with Gasteiger partial charge in [0.2, 0.25) is 11.8 Å². The molecule has 0 spiro atoms. The Morgan fingerprint density at radius 3 is 2.60 bits per heavy atom. The van der Waals surface area contributed by atoms with Gasteiger partial charge in [-0.3, -0.25) is 14.5 Å². The van der Waals surface area contributed by atoms with E-state index in [9.17, 15) is 9.59 Å². The number of pyridine rings is 1. The molecule has 4 rings (SSSR count). The number of amides is 2. The fourth-order valence-electron chi connectivity index (χ4n) is 4.24. The summed E-state index contributed by atoms with van der Waals surface area (Å²) in [7, 11) is 0. The molecule has 30 heavy (non-hydrogen) atoms. The number of anilines is 3. The van der Waals surface area contributed by atoms with E-state index >= 15 is 0 Å². The second kappa shape index (κ2) is 8.83. The molecule has 1 unspecified atom stereocenters. The highest BCUT2D eigenvalue weighted by Gasteiger charge is 2.24. The summed E-state index contributed by atoms with van der Waals surface area (Å²) in [5.74, 6) is 1.00. The fourth-order valence-corrected chi connectivity index (χ4v) is 4.24. The second-order valence-electron chi connectivity index (χ2n) is 8.13. The van der Waals surface area contributed by atoms with Gasteiger partial charge in [-0.05, 0) is 42.3 Å². The van der Waals surface area contributed by atoms with Crippen LogP contribution in [0.15, 0.2) is 42.6 Å². The van der Waals surface area contributed by atoms with Gasteiger partial charge in [0.25, 0.3) is 0 Å². The number of nitrogens with zero attached hydrogens (tertiary/aromatic N) is 4. The molecule has 0 aliphatic carbocycles. The van der Waals surface area contributed by atoms with Crippen molar-refractivity contribution in [3.05, 3.63) is 48.2 Å². The number of rotatable bonds is 5. The van der Waals surface area contributed by atoms with Crippen LogP contribution in [0.3, 0.4) is 0 Å². The lowest BCUT2D eigenvalue weighted by molar-refractivity contribution is -0.120. The zero-order chi connectivity index (χ0) is 21.1. The minimum atomic E-state index is -0.103. The highest BCUT2D eigenvalue weighted by Crippen LogP contribution is 2.30. The first-order chi connectivity index (χ1) is 14.5. The number of fused-ring (bicyclic) bond motifs is 1. The van der Waals surface area contributed by atoms with Crippen LogP contribution in [0.1, 0.15) is 19.4 Å².